The SMILES string of the molecule is CC(=O)Nc1ccc(S(=O)(=O)N(C)c2ccc(NS(C)(=O)=O)cc2)cc1. The summed E-state index contributed by atoms with van der Waals surface area (Å²) in [6, 6.07) is 11.7. The van der Waals surface area contributed by atoms with E-state index in [0.717, 1.165) is 10.6 Å². The molecule has 0 aliphatic carbocycles. The Kier molecular flexibility index (Phi) is 5.57. The number of nitrogens with zero attached hydrogens (tertiary/aromatic N) is 1. The van der Waals surface area contributed by atoms with E-state index < -0.39 is 20.0 Å². The number of amides is 1. The normalized spacial score (nSPS) is 11.7. The highest BCUT2D eigenvalue weighted by molar-refractivity contribution is 7.92. The first-order chi connectivity index (χ1) is 12.0. The van der Waals surface area contributed by atoms with Gasteiger partial charge in [0, 0.05) is 25.3 Å². The topological polar surface area (TPSA) is 113 Å². The Morgan fingerprint density at radius 3 is 1.85 bits per heavy atom. The molecule has 0 aromatic heterocycles. The van der Waals surface area contributed by atoms with Gasteiger partial charge >= 0.3 is 0 Å². The molecular formula is C16H19N3O5S2. The van der Waals surface area contributed by atoms with Gasteiger partial charge < -0.3 is 5.32 Å². The van der Waals surface area contributed by atoms with Gasteiger partial charge in [-0.25, -0.2) is 16.8 Å². The average molecular weight is 397 g/mol. The summed E-state index contributed by atoms with van der Waals surface area (Å²) in [5, 5.41) is 2.57. The van der Waals surface area contributed by atoms with Crippen molar-refractivity contribution in [3.8, 4) is 0 Å². The maximum absolute atomic E-state index is 12.7. The second-order valence-corrected chi connectivity index (χ2v) is 9.32. The molecule has 0 aliphatic heterocycles. The van der Waals surface area contributed by atoms with Crippen molar-refractivity contribution in [3.05, 3.63) is 48.5 Å². The number of carbonyl (C=O) groups excluding carboxylic acids is 1. The largest absolute Gasteiger partial charge is 0.326 e. The zero-order valence-corrected chi connectivity index (χ0v) is 16.1. The molecule has 0 bridgehead atoms. The van der Waals surface area contributed by atoms with E-state index in [0.29, 0.717) is 17.1 Å². The van der Waals surface area contributed by atoms with Crippen LogP contribution in [0.5, 0.6) is 0 Å². The third-order valence-electron chi connectivity index (χ3n) is 3.37. The van der Waals surface area contributed by atoms with Crippen LogP contribution in [0, 0.1) is 0 Å². The summed E-state index contributed by atoms with van der Waals surface area (Å²) >= 11 is 0. The fourth-order valence-electron chi connectivity index (χ4n) is 2.16. The summed E-state index contributed by atoms with van der Waals surface area (Å²) in [5.74, 6) is -0.250. The maximum Gasteiger partial charge on any atom is 0.264 e. The van der Waals surface area contributed by atoms with Crippen LogP contribution < -0.4 is 14.3 Å². The maximum atomic E-state index is 12.7. The van der Waals surface area contributed by atoms with Crippen LogP contribution in [-0.4, -0.2) is 36.0 Å². The van der Waals surface area contributed by atoms with Crippen LogP contribution in [0.15, 0.2) is 53.4 Å². The molecule has 1 amide bonds. The van der Waals surface area contributed by atoms with Crippen molar-refractivity contribution >= 4 is 43.0 Å². The van der Waals surface area contributed by atoms with E-state index in [9.17, 15) is 21.6 Å². The van der Waals surface area contributed by atoms with E-state index in [2.05, 4.69) is 10.0 Å². The lowest BCUT2D eigenvalue weighted by Crippen LogP contribution is -2.26. The monoisotopic (exact) mass is 397 g/mol. The van der Waals surface area contributed by atoms with E-state index in [1.165, 1.54) is 62.5 Å². The molecule has 2 aromatic carbocycles. The van der Waals surface area contributed by atoms with Gasteiger partial charge in [-0.2, -0.15) is 0 Å². The third kappa shape index (κ3) is 4.96. The van der Waals surface area contributed by atoms with Crippen molar-refractivity contribution < 1.29 is 21.6 Å². The van der Waals surface area contributed by atoms with Crippen molar-refractivity contribution in [2.45, 2.75) is 11.8 Å². The number of benzene rings is 2. The molecule has 0 saturated heterocycles. The molecule has 0 aliphatic rings. The van der Waals surface area contributed by atoms with Gasteiger partial charge in [-0.15, -0.1) is 0 Å². The number of nitrogens with one attached hydrogen (secondary N) is 2. The van der Waals surface area contributed by atoms with Crippen LogP contribution >= 0.6 is 0 Å². The van der Waals surface area contributed by atoms with Gasteiger partial charge in [-0.05, 0) is 48.5 Å². The predicted octanol–water partition coefficient (Wildman–Crippen LogP) is 1.84. The summed E-state index contributed by atoms with van der Waals surface area (Å²) < 4.78 is 51.2. The van der Waals surface area contributed by atoms with Gasteiger partial charge in [-0.3, -0.25) is 13.8 Å². The molecule has 2 rings (SSSR count). The highest BCUT2D eigenvalue weighted by atomic mass is 32.2. The standard InChI is InChI=1S/C16H19N3O5S2/c1-12(20)17-13-6-10-16(11-7-13)26(23,24)19(2)15-8-4-14(5-9-15)18-25(3,21)22/h4-11,18H,1-3H3,(H,17,20). The second kappa shape index (κ2) is 7.34. The molecule has 0 unspecified atom stereocenters. The van der Waals surface area contributed by atoms with Crippen molar-refractivity contribution in [1.29, 1.82) is 0 Å². The van der Waals surface area contributed by atoms with Gasteiger partial charge in [0.05, 0.1) is 16.8 Å². The highest BCUT2D eigenvalue weighted by Gasteiger charge is 2.21. The lowest BCUT2D eigenvalue weighted by molar-refractivity contribution is -0.114. The van der Waals surface area contributed by atoms with E-state index in [1.807, 2.05) is 0 Å². The molecule has 0 atom stereocenters. The minimum atomic E-state index is -3.80. The van der Waals surface area contributed by atoms with Gasteiger partial charge in [0.1, 0.15) is 0 Å². The lowest BCUT2D eigenvalue weighted by Gasteiger charge is -2.20. The van der Waals surface area contributed by atoms with Crippen LogP contribution in [0.3, 0.4) is 0 Å². The molecule has 10 heteroatoms. The Balaban J connectivity index is 2.24. The van der Waals surface area contributed by atoms with Crippen molar-refractivity contribution in [1.82, 2.24) is 0 Å². The second-order valence-electron chi connectivity index (χ2n) is 5.60. The zero-order chi connectivity index (χ0) is 19.5. The Bertz CT molecular complexity index is 999. The summed E-state index contributed by atoms with van der Waals surface area (Å²) in [6.45, 7) is 1.36. The number of sulfonamides is 2. The predicted molar refractivity (Wildman–Crippen MR) is 101 cm³/mol. The molecule has 8 nitrogen and oxygen atoms in total. The van der Waals surface area contributed by atoms with Crippen LogP contribution in [0.4, 0.5) is 17.1 Å². The number of hydrogen-bond donors (Lipinski definition) is 2. The first-order valence-corrected chi connectivity index (χ1v) is 10.8. The third-order valence-corrected chi connectivity index (χ3v) is 5.77. The van der Waals surface area contributed by atoms with Crippen LogP contribution in [0.2, 0.25) is 0 Å². The number of carbonyl (C=O) groups is 1. The van der Waals surface area contributed by atoms with Gasteiger partial charge in [0.25, 0.3) is 10.0 Å². The Labute approximate surface area is 152 Å². The molecule has 0 radical (unpaired) electrons. The molecule has 2 N–H and O–H groups in total. The quantitative estimate of drug-likeness (QED) is 0.772. The van der Waals surface area contributed by atoms with E-state index in [4.69, 9.17) is 0 Å². The minimum Gasteiger partial charge on any atom is -0.326 e. The molecule has 140 valence electrons. The van der Waals surface area contributed by atoms with Gasteiger partial charge in [-0.1, -0.05) is 0 Å². The molecule has 0 fully saturated rings. The Morgan fingerprint density at radius 2 is 1.38 bits per heavy atom. The van der Waals surface area contributed by atoms with Crippen molar-refractivity contribution in [2.75, 3.05) is 27.6 Å². The van der Waals surface area contributed by atoms with Crippen LogP contribution in [0.1, 0.15) is 6.92 Å². The van der Waals surface area contributed by atoms with Crippen molar-refractivity contribution in [3.63, 3.8) is 0 Å². The van der Waals surface area contributed by atoms with E-state index >= 15 is 0 Å². The molecule has 0 spiro atoms. The van der Waals surface area contributed by atoms with E-state index in [1.54, 1.807) is 0 Å². The minimum absolute atomic E-state index is 0.0624. The first kappa shape index (κ1) is 19.7. The first-order valence-electron chi connectivity index (χ1n) is 7.43. The molecular weight excluding hydrogens is 378 g/mol. The van der Waals surface area contributed by atoms with Gasteiger partial charge in [0.2, 0.25) is 15.9 Å². The van der Waals surface area contributed by atoms with Crippen LogP contribution in [-0.2, 0) is 24.8 Å². The zero-order valence-electron chi connectivity index (χ0n) is 14.4. The molecule has 0 heterocycles. The smallest absolute Gasteiger partial charge is 0.264 e. The number of hydrogen-bond acceptors (Lipinski definition) is 5. The fraction of sp³-hybridized carbons (Fsp3) is 0.188. The summed E-state index contributed by atoms with van der Waals surface area (Å²) in [4.78, 5) is 11.1. The average Bonchev–Trinajstić information content (AvgIpc) is 2.53. The Morgan fingerprint density at radius 1 is 0.885 bits per heavy atom. The number of rotatable bonds is 6. The number of anilines is 3. The molecule has 26 heavy (non-hydrogen) atoms. The summed E-state index contributed by atoms with van der Waals surface area (Å²) in [7, 11) is -5.81. The van der Waals surface area contributed by atoms with Crippen LogP contribution in [0.25, 0.3) is 0 Å². The highest BCUT2D eigenvalue weighted by Crippen LogP contribution is 2.24. The summed E-state index contributed by atoms with van der Waals surface area (Å²) in [6.07, 6.45) is 1.03. The van der Waals surface area contributed by atoms with E-state index in [-0.39, 0.29) is 10.8 Å². The van der Waals surface area contributed by atoms with Gasteiger partial charge in [0.15, 0.2) is 0 Å². The van der Waals surface area contributed by atoms with Crippen molar-refractivity contribution in [2.24, 2.45) is 0 Å². The molecule has 0 saturated carbocycles. The molecule has 2 aromatic rings. The Hall–Kier alpha value is -2.59. The fourth-order valence-corrected chi connectivity index (χ4v) is 3.92. The summed E-state index contributed by atoms with van der Waals surface area (Å²) in [5.41, 5.74) is 1.20. The lowest BCUT2D eigenvalue weighted by atomic mass is 10.3.